The summed E-state index contributed by atoms with van der Waals surface area (Å²) in [5.74, 6) is 0.669. The number of carbonyl (C=O) groups is 1. The quantitative estimate of drug-likeness (QED) is 0.204. The number of esters is 1. The van der Waals surface area contributed by atoms with E-state index in [2.05, 4.69) is 20.9 Å². The highest BCUT2D eigenvalue weighted by Gasteiger charge is 2.33. The van der Waals surface area contributed by atoms with Crippen LogP contribution in [0.3, 0.4) is 0 Å². The first-order chi connectivity index (χ1) is 21.2. The van der Waals surface area contributed by atoms with Gasteiger partial charge in [0.1, 0.15) is 6.61 Å². The third-order valence-corrected chi connectivity index (χ3v) is 8.67. The van der Waals surface area contributed by atoms with Gasteiger partial charge in [-0.3, -0.25) is 9.36 Å². The molecule has 2 heterocycles. The molecule has 0 spiro atoms. The molecular formula is C34H34BrN3O5S. The van der Waals surface area contributed by atoms with Crippen molar-refractivity contribution in [3.05, 3.63) is 119 Å². The number of allylic oxidation sites excluding steroid dienone is 1. The van der Waals surface area contributed by atoms with Crippen LogP contribution in [0.25, 0.3) is 6.08 Å². The van der Waals surface area contributed by atoms with E-state index < -0.39 is 12.0 Å². The molecule has 4 aromatic rings. The number of thiazole rings is 1. The minimum Gasteiger partial charge on any atom is -0.490 e. The molecule has 228 valence electrons. The van der Waals surface area contributed by atoms with Gasteiger partial charge in [0, 0.05) is 19.8 Å². The van der Waals surface area contributed by atoms with Crippen molar-refractivity contribution in [1.29, 1.82) is 0 Å². The molecule has 1 atom stereocenters. The van der Waals surface area contributed by atoms with Crippen molar-refractivity contribution in [2.24, 2.45) is 4.99 Å². The van der Waals surface area contributed by atoms with Gasteiger partial charge in [-0.15, -0.1) is 0 Å². The molecule has 0 saturated heterocycles. The van der Waals surface area contributed by atoms with Crippen LogP contribution >= 0.6 is 27.3 Å². The molecule has 0 aliphatic carbocycles. The Morgan fingerprint density at radius 3 is 2.43 bits per heavy atom. The fraction of sp³-hybridized carbons (Fsp3) is 0.265. The van der Waals surface area contributed by atoms with Crippen LogP contribution in [-0.2, 0) is 16.1 Å². The molecule has 44 heavy (non-hydrogen) atoms. The van der Waals surface area contributed by atoms with E-state index >= 15 is 0 Å². The highest BCUT2D eigenvalue weighted by molar-refractivity contribution is 9.10. The van der Waals surface area contributed by atoms with Crippen molar-refractivity contribution >= 4 is 45.0 Å². The van der Waals surface area contributed by atoms with E-state index in [4.69, 9.17) is 14.2 Å². The molecule has 8 nitrogen and oxygen atoms in total. The maximum Gasteiger partial charge on any atom is 0.338 e. The number of halogens is 1. The number of rotatable bonds is 10. The van der Waals surface area contributed by atoms with Crippen LogP contribution in [0.1, 0.15) is 43.5 Å². The number of aromatic nitrogens is 1. The van der Waals surface area contributed by atoms with Gasteiger partial charge in [-0.05, 0) is 83.7 Å². The third-order valence-electron chi connectivity index (χ3n) is 7.10. The summed E-state index contributed by atoms with van der Waals surface area (Å²) in [7, 11) is 3.92. The maximum atomic E-state index is 14.1. The van der Waals surface area contributed by atoms with E-state index in [0.717, 1.165) is 22.4 Å². The average Bonchev–Trinajstić information content (AvgIpc) is 3.30. The zero-order valence-electron chi connectivity index (χ0n) is 25.3. The van der Waals surface area contributed by atoms with E-state index in [1.807, 2.05) is 98.7 Å². The molecule has 1 aliphatic heterocycles. The smallest absolute Gasteiger partial charge is 0.338 e. The molecule has 10 heteroatoms. The summed E-state index contributed by atoms with van der Waals surface area (Å²) in [6.45, 7) is 6.50. The Hall–Kier alpha value is -4.15. The van der Waals surface area contributed by atoms with E-state index in [1.165, 1.54) is 11.3 Å². The van der Waals surface area contributed by atoms with Gasteiger partial charge in [0.15, 0.2) is 16.3 Å². The molecular weight excluding hydrogens is 642 g/mol. The number of carbonyl (C=O) groups excluding carboxylic acids is 1. The summed E-state index contributed by atoms with van der Waals surface area (Å²) in [6.07, 6.45) is 1.81. The molecule has 0 saturated carbocycles. The highest BCUT2D eigenvalue weighted by Crippen LogP contribution is 2.38. The molecule has 3 aromatic carbocycles. The summed E-state index contributed by atoms with van der Waals surface area (Å²) in [4.78, 5) is 34.5. The summed E-state index contributed by atoms with van der Waals surface area (Å²) in [5.41, 5.74) is 4.22. The lowest BCUT2D eigenvalue weighted by Gasteiger charge is -2.25. The van der Waals surface area contributed by atoms with Gasteiger partial charge in [0.2, 0.25) is 0 Å². The van der Waals surface area contributed by atoms with E-state index in [9.17, 15) is 9.59 Å². The Labute approximate surface area is 268 Å². The Bertz CT molecular complexity index is 1880. The second-order valence-electron chi connectivity index (χ2n) is 10.3. The van der Waals surface area contributed by atoms with Crippen LogP contribution in [0.4, 0.5) is 5.69 Å². The number of anilines is 1. The molecule has 1 unspecified atom stereocenters. The first kappa shape index (κ1) is 31.3. The summed E-state index contributed by atoms with van der Waals surface area (Å²) < 4.78 is 20.3. The van der Waals surface area contributed by atoms with Gasteiger partial charge in [0.25, 0.3) is 5.56 Å². The number of ether oxygens (including phenoxy) is 3. The normalized spacial score (nSPS) is 14.6. The first-order valence-electron chi connectivity index (χ1n) is 14.3. The van der Waals surface area contributed by atoms with Crippen LogP contribution in [0.2, 0.25) is 0 Å². The summed E-state index contributed by atoms with van der Waals surface area (Å²) in [5, 5.41) is 0. The minimum absolute atomic E-state index is 0.217. The Kier molecular flexibility index (Phi) is 9.71. The van der Waals surface area contributed by atoms with Crippen molar-refractivity contribution in [2.45, 2.75) is 33.4 Å². The van der Waals surface area contributed by atoms with Gasteiger partial charge in [-0.2, -0.15) is 0 Å². The lowest BCUT2D eigenvalue weighted by Crippen LogP contribution is -2.39. The number of nitrogens with zero attached hydrogens (tertiary/aromatic N) is 3. The van der Waals surface area contributed by atoms with Crippen molar-refractivity contribution in [2.75, 3.05) is 32.2 Å². The minimum atomic E-state index is -0.678. The van der Waals surface area contributed by atoms with Gasteiger partial charge >= 0.3 is 5.97 Å². The lowest BCUT2D eigenvalue weighted by atomic mass is 9.95. The van der Waals surface area contributed by atoms with E-state index in [0.29, 0.717) is 49.8 Å². The second-order valence-corrected chi connectivity index (χ2v) is 12.2. The van der Waals surface area contributed by atoms with Crippen molar-refractivity contribution < 1.29 is 19.0 Å². The largest absolute Gasteiger partial charge is 0.490 e. The van der Waals surface area contributed by atoms with Crippen molar-refractivity contribution in [1.82, 2.24) is 4.57 Å². The van der Waals surface area contributed by atoms with Crippen LogP contribution in [-0.4, -0.2) is 37.8 Å². The second kappa shape index (κ2) is 13.7. The Morgan fingerprint density at radius 1 is 1.05 bits per heavy atom. The Morgan fingerprint density at radius 2 is 1.77 bits per heavy atom. The SMILES string of the molecule is CCOC(=O)C1=C(C)N=c2s/c(=C\c3cc(Br)c(OCc4ccccc4)c(OCC)c3)c(=O)n2C1c1ccc(N(C)C)cc1. The molecule has 0 N–H and O–H groups in total. The molecule has 0 bridgehead atoms. The number of hydrogen-bond acceptors (Lipinski definition) is 8. The predicted molar refractivity (Wildman–Crippen MR) is 177 cm³/mol. The molecule has 0 fully saturated rings. The zero-order chi connectivity index (χ0) is 31.4. The summed E-state index contributed by atoms with van der Waals surface area (Å²) in [6, 6.07) is 20.8. The van der Waals surface area contributed by atoms with Gasteiger partial charge < -0.3 is 19.1 Å². The van der Waals surface area contributed by atoms with E-state index in [1.54, 1.807) is 18.4 Å². The zero-order valence-corrected chi connectivity index (χ0v) is 27.7. The van der Waals surface area contributed by atoms with Crippen LogP contribution in [0, 0.1) is 0 Å². The van der Waals surface area contributed by atoms with Gasteiger partial charge in [-0.1, -0.05) is 53.8 Å². The van der Waals surface area contributed by atoms with Crippen molar-refractivity contribution in [3.8, 4) is 11.5 Å². The van der Waals surface area contributed by atoms with Crippen LogP contribution in [0.15, 0.2) is 92.3 Å². The number of benzene rings is 3. The molecule has 1 aromatic heterocycles. The molecule has 0 amide bonds. The molecule has 1 aliphatic rings. The lowest BCUT2D eigenvalue weighted by molar-refractivity contribution is -0.139. The third kappa shape index (κ3) is 6.51. The van der Waals surface area contributed by atoms with Crippen LogP contribution < -0.4 is 29.3 Å². The van der Waals surface area contributed by atoms with Crippen LogP contribution in [0.5, 0.6) is 11.5 Å². The molecule has 5 rings (SSSR count). The highest BCUT2D eigenvalue weighted by atomic mass is 79.9. The van der Waals surface area contributed by atoms with Gasteiger partial charge in [-0.25, -0.2) is 9.79 Å². The first-order valence-corrected chi connectivity index (χ1v) is 15.9. The fourth-order valence-corrected chi connectivity index (χ4v) is 6.64. The summed E-state index contributed by atoms with van der Waals surface area (Å²) >= 11 is 4.93. The molecule has 0 radical (unpaired) electrons. The topological polar surface area (TPSA) is 82.4 Å². The van der Waals surface area contributed by atoms with Crippen molar-refractivity contribution in [3.63, 3.8) is 0 Å². The maximum absolute atomic E-state index is 14.1. The number of fused-ring (bicyclic) bond motifs is 1. The average molecular weight is 677 g/mol. The van der Waals surface area contributed by atoms with Gasteiger partial charge in [0.05, 0.1) is 39.5 Å². The number of hydrogen-bond donors (Lipinski definition) is 0. The Balaban J connectivity index is 1.59. The van der Waals surface area contributed by atoms with E-state index in [-0.39, 0.29) is 12.2 Å². The monoisotopic (exact) mass is 675 g/mol. The fourth-order valence-electron chi connectivity index (χ4n) is 5.02. The standard InChI is InChI=1S/C34H34BrN3O5S/c1-6-41-27-18-23(17-26(35)31(27)43-20-22-11-9-8-10-12-22)19-28-32(39)38-30(24-13-15-25(16-14-24)37(4)5)29(33(40)42-7-2)21(3)36-34(38)44-28/h8-19,30H,6-7,20H2,1-5H3/b28-19-. The predicted octanol–water partition coefficient (Wildman–Crippen LogP) is 5.60.